The maximum atomic E-state index is 11.6. The van der Waals surface area contributed by atoms with E-state index in [4.69, 9.17) is 0 Å². The first-order valence-electron chi connectivity index (χ1n) is 8.54. The number of piperidine rings is 1. The van der Waals surface area contributed by atoms with E-state index in [1.165, 1.54) is 13.0 Å². The lowest BCUT2D eigenvalue weighted by molar-refractivity contribution is -0.128. The molecule has 1 rings (SSSR count). The zero-order chi connectivity index (χ0) is 16.4. The van der Waals surface area contributed by atoms with Crippen molar-refractivity contribution in [3.05, 3.63) is 0 Å². The Labute approximate surface area is 135 Å². The summed E-state index contributed by atoms with van der Waals surface area (Å²) in [5, 5.41) is 6.78. The number of nitrogens with one attached hydrogen (secondary N) is 2. The molecule has 0 aliphatic carbocycles. The standard InChI is InChI=1S/C16H33N5O/c1-5-11-21-12-8-14(9-13-21)19-16(17-6-2)18-10-7-15(22)20(3)4/h14H,5-13H2,1-4H3,(H2,17,18,19). The molecule has 1 aliphatic heterocycles. The van der Waals surface area contributed by atoms with Crippen LogP contribution in [0.1, 0.15) is 39.5 Å². The number of guanidine groups is 1. The number of nitrogens with zero attached hydrogens (tertiary/aromatic N) is 3. The van der Waals surface area contributed by atoms with Crippen LogP contribution in [0.3, 0.4) is 0 Å². The third kappa shape index (κ3) is 7.11. The second-order valence-electron chi connectivity index (χ2n) is 6.06. The summed E-state index contributed by atoms with van der Waals surface area (Å²) in [4.78, 5) is 20.2. The molecule has 0 spiro atoms. The van der Waals surface area contributed by atoms with Crippen molar-refractivity contribution in [2.45, 2.75) is 45.6 Å². The molecule has 1 saturated heterocycles. The van der Waals surface area contributed by atoms with Crippen LogP contribution in [0.5, 0.6) is 0 Å². The fraction of sp³-hybridized carbons (Fsp3) is 0.875. The quantitative estimate of drug-likeness (QED) is 0.542. The summed E-state index contributed by atoms with van der Waals surface area (Å²) in [7, 11) is 3.55. The predicted molar refractivity (Wildman–Crippen MR) is 92.2 cm³/mol. The van der Waals surface area contributed by atoms with Gasteiger partial charge in [-0.25, -0.2) is 0 Å². The summed E-state index contributed by atoms with van der Waals surface area (Å²) < 4.78 is 0. The van der Waals surface area contributed by atoms with Crippen LogP contribution in [0, 0.1) is 0 Å². The molecule has 1 aliphatic rings. The van der Waals surface area contributed by atoms with E-state index in [1.54, 1.807) is 19.0 Å². The molecular formula is C16H33N5O. The van der Waals surface area contributed by atoms with Crippen molar-refractivity contribution in [2.24, 2.45) is 4.99 Å². The van der Waals surface area contributed by atoms with Crippen LogP contribution in [0.15, 0.2) is 4.99 Å². The Hall–Kier alpha value is -1.30. The van der Waals surface area contributed by atoms with Crippen LogP contribution in [-0.4, -0.2) is 74.5 Å². The highest BCUT2D eigenvalue weighted by atomic mass is 16.2. The molecule has 0 aromatic carbocycles. The number of aliphatic imine (C=N–C) groups is 1. The first-order chi connectivity index (χ1) is 10.6. The number of carbonyl (C=O) groups excluding carboxylic acids is 1. The SMILES string of the molecule is CCCN1CCC(NC(=NCCC(=O)N(C)C)NCC)CC1. The van der Waals surface area contributed by atoms with Gasteiger partial charge in [0.2, 0.25) is 5.91 Å². The van der Waals surface area contributed by atoms with Crippen LogP contribution in [-0.2, 0) is 4.79 Å². The molecule has 6 nitrogen and oxygen atoms in total. The number of amides is 1. The van der Waals surface area contributed by atoms with E-state index < -0.39 is 0 Å². The molecule has 0 unspecified atom stereocenters. The first-order valence-corrected chi connectivity index (χ1v) is 8.54. The number of hydrogen-bond donors (Lipinski definition) is 2. The van der Waals surface area contributed by atoms with Crippen molar-refractivity contribution in [1.29, 1.82) is 0 Å². The highest BCUT2D eigenvalue weighted by Crippen LogP contribution is 2.10. The topological polar surface area (TPSA) is 60.0 Å². The van der Waals surface area contributed by atoms with Gasteiger partial charge in [-0.3, -0.25) is 9.79 Å². The van der Waals surface area contributed by atoms with Crippen molar-refractivity contribution in [2.75, 3.05) is 46.8 Å². The Morgan fingerprint density at radius 2 is 1.95 bits per heavy atom. The van der Waals surface area contributed by atoms with Crippen molar-refractivity contribution in [3.8, 4) is 0 Å². The number of likely N-dealkylation sites (tertiary alicyclic amines) is 1. The molecule has 1 fully saturated rings. The molecular weight excluding hydrogens is 278 g/mol. The molecule has 1 amide bonds. The number of carbonyl (C=O) groups is 1. The second kappa shape index (κ2) is 10.4. The third-order valence-corrected chi connectivity index (χ3v) is 3.91. The Morgan fingerprint density at radius 3 is 2.50 bits per heavy atom. The van der Waals surface area contributed by atoms with E-state index in [1.807, 2.05) is 0 Å². The maximum Gasteiger partial charge on any atom is 0.223 e. The zero-order valence-corrected chi connectivity index (χ0v) is 14.7. The molecule has 1 heterocycles. The van der Waals surface area contributed by atoms with Gasteiger partial charge in [-0.15, -0.1) is 0 Å². The highest BCUT2D eigenvalue weighted by molar-refractivity contribution is 5.81. The number of hydrogen-bond acceptors (Lipinski definition) is 3. The molecule has 6 heteroatoms. The Morgan fingerprint density at radius 1 is 1.27 bits per heavy atom. The van der Waals surface area contributed by atoms with E-state index in [-0.39, 0.29) is 5.91 Å². The van der Waals surface area contributed by atoms with Crippen molar-refractivity contribution in [1.82, 2.24) is 20.4 Å². The van der Waals surface area contributed by atoms with Gasteiger partial charge in [0.25, 0.3) is 0 Å². The maximum absolute atomic E-state index is 11.6. The van der Waals surface area contributed by atoms with Gasteiger partial charge in [0.05, 0.1) is 6.54 Å². The molecule has 0 aromatic rings. The first kappa shape index (κ1) is 18.7. The lowest BCUT2D eigenvalue weighted by Crippen LogP contribution is -2.48. The van der Waals surface area contributed by atoms with Crippen LogP contribution in [0.25, 0.3) is 0 Å². The van der Waals surface area contributed by atoms with E-state index in [0.29, 0.717) is 19.0 Å². The Kier molecular flexibility index (Phi) is 8.89. The van der Waals surface area contributed by atoms with Crippen LogP contribution >= 0.6 is 0 Å². The van der Waals surface area contributed by atoms with Gasteiger partial charge in [-0.2, -0.15) is 0 Å². The van der Waals surface area contributed by atoms with Gasteiger partial charge < -0.3 is 20.4 Å². The average molecular weight is 311 g/mol. The van der Waals surface area contributed by atoms with Gasteiger partial charge in [0.1, 0.15) is 0 Å². The summed E-state index contributed by atoms with van der Waals surface area (Å²) >= 11 is 0. The highest BCUT2D eigenvalue weighted by Gasteiger charge is 2.19. The second-order valence-corrected chi connectivity index (χ2v) is 6.06. The third-order valence-electron chi connectivity index (χ3n) is 3.91. The summed E-state index contributed by atoms with van der Waals surface area (Å²) in [5.74, 6) is 0.954. The van der Waals surface area contributed by atoms with Crippen LogP contribution in [0.2, 0.25) is 0 Å². The monoisotopic (exact) mass is 311 g/mol. The minimum atomic E-state index is 0.118. The fourth-order valence-electron chi connectivity index (χ4n) is 2.62. The van der Waals surface area contributed by atoms with E-state index in [9.17, 15) is 4.79 Å². The zero-order valence-electron chi connectivity index (χ0n) is 14.7. The smallest absolute Gasteiger partial charge is 0.223 e. The summed E-state index contributed by atoms with van der Waals surface area (Å²) in [6.07, 6.45) is 3.99. The average Bonchev–Trinajstić information content (AvgIpc) is 2.49. The van der Waals surface area contributed by atoms with Gasteiger partial charge in [0.15, 0.2) is 5.96 Å². The summed E-state index contributed by atoms with van der Waals surface area (Å²) in [5.41, 5.74) is 0. The lowest BCUT2D eigenvalue weighted by Gasteiger charge is -2.32. The number of rotatable bonds is 7. The largest absolute Gasteiger partial charge is 0.357 e. The molecule has 0 aromatic heterocycles. The molecule has 0 saturated carbocycles. The molecule has 128 valence electrons. The minimum absolute atomic E-state index is 0.118. The van der Waals surface area contributed by atoms with Gasteiger partial charge >= 0.3 is 0 Å². The van der Waals surface area contributed by atoms with Gasteiger partial charge in [-0.05, 0) is 32.7 Å². The van der Waals surface area contributed by atoms with E-state index >= 15 is 0 Å². The fourth-order valence-corrected chi connectivity index (χ4v) is 2.62. The van der Waals surface area contributed by atoms with Crippen molar-refractivity contribution in [3.63, 3.8) is 0 Å². The predicted octanol–water partition coefficient (Wildman–Crippen LogP) is 0.894. The summed E-state index contributed by atoms with van der Waals surface area (Å²) in [6, 6.07) is 0.482. The van der Waals surface area contributed by atoms with Crippen LogP contribution in [0.4, 0.5) is 0 Å². The minimum Gasteiger partial charge on any atom is -0.357 e. The van der Waals surface area contributed by atoms with Gasteiger partial charge in [-0.1, -0.05) is 6.92 Å². The molecule has 0 radical (unpaired) electrons. The van der Waals surface area contributed by atoms with Gasteiger partial charge in [0, 0.05) is 46.2 Å². The lowest BCUT2D eigenvalue weighted by atomic mass is 10.1. The molecule has 2 N–H and O–H groups in total. The van der Waals surface area contributed by atoms with Crippen molar-refractivity contribution < 1.29 is 4.79 Å². The van der Waals surface area contributed by atoms with E-state index in [0.717, 1.165) is 38.4 Å². The normalized spacial score (nSPS) is 17.4. The Bertz CT molecular complexity index is 348. The van der Waals surface area contributed by atoms with E-state index in [2.05, 4.69) is 34.4 Å². The molecule has 0 bridgehead atoms. The van der Waals surface area contributed by atoms with Crippen LogP contribution < -0.4 is 10.6 Å². The summed E-state index contributed by atoms with van der Waals surface area (Å²) in [6.45, 7) is 9.17. The Balaban J connectivity index is 2.39. The molecule has 22 heavy (non-hydrogen) atoms. The molecule has 0 atom stereocenters. The van der Waals surface area contributed by atoms with Crippen molar-refractivity contribution >= 4 is 11.9 Å².